The van der Waals surface area contributed by atoms with Crippen molar-refractivity contribution < 1.29 is 18.8 Å². The molecular formula is C19H13BrN2O4S. The van der Waals surface area contributed by atoms with E-state index >= 15 is 0 Å². The first-order chi connectivity index (χ1) is 13.0. The standard InChI is InChI=1S/C19H13BrN2O4S/c20-14-3-1-2-12-8-15(26-17(12)14)18(24)21-13-6-4-11(5-7-13)9-22-16(23)10-27-19(22)25/h1-8H,9-10H2,(H,21,24). The Labute approximate surface area is 167 Å². The summed E-state index contributed by atoms with van der Waals surface area (Å²) >= 11 is 4.41. The third-order valence-electron chi connectivity index (χ3n) is 4.11. The van der Waals surface area contributed by atoms with Crippen LogP contribution in [0.2, 0.25) is 0 Å². The van der Waals surface area contributed by atoms with Crippen LogP contribution < -0.4 is 5.32 Å². The van der Waals surface area contributed by atoms with Gasteiger partial charge in [0, 0.05) is 11.1 Å². The summed E-state index contributed by atoms with van der Waals surface area (Å²) in [6, 6.07) is 14.3. The molecule has 1 saturated heterocycles. The Kier molecular flexibility index (Phi) is 4.75. The lowest BCUT2D eigenvalue weighted by Gasteiger charge is -2.13. The van der Waals surface area contributed by atoms with Crippen LogP contribution in [0, 0.1) is 0 Å². The molecule has 4 rings (SSSR count). The van der Waals surface area contributed by atoms with Gasteiger partial charge in [-0.1, -0.05) is 36.0 Å². The zero-order valence-corrected chi connectivity index (χ0v) is 16.3. The van der Waals surface area contributed by atoms with E-state index in [1.54, 1.807) is 30.3 Å². The molecule has 0 unspecified atom stereocenters. The number of anilines is 1. The van der Waals surface area contributed by atoms with Crippen LogP contribution in [0.1, 0.15) is 16.1 Å². The summed E-state index contributed by atoms with van der Waals surface area (Å²) in [6.45, 7) is 0.233. The molecule has 0 radical (unpaired) electrons. The first kappa shape index (κ1) is 17.8. The number of rotatable bonds is 4. The maximum atomic E-state index is 12.4. The number of fused-ring (bicyclic) bond motifs is 1. The fourth-order valence-corrected chi connectivity index (χ4v) is 3.93. The second-order valence-corrected chi connectivity index (χ2v) is 7.74. The number of hydrogen-bond donors (Lipinski definition) is 1. The average molecular weight is 445 g/mol. The maximum absolute atomic E-state index is 12.4. The quantitative estimate of drug-likeness (QED) is 0.633. The second kappa shape index (κ2) is 7.21. The number of para-hydroxylation sites is 1. The Balaban J connectivity index is 1.46. The van der Waals surface area contributed by atoms with Gasteiger partial charge in [-0.25, -0.2) is 0 Å². The molecule has 2 aromatic carbocycles. The molecule has 3 aromatic rings. The van der Waals surface area contributed by atoms with Gasteiger partial charge in [0.1, 0.15) is 5.58 Å². The monoisotopic (exact) mass is 444 g/mol. The van der Waals surface area contributed by atoms with E-state index in [0.717, 1.165) is 27.2 Å². The Bertz CT molecular complexity index is 1050. The van der Waals surface area contributed by atoms with Crippen molar-refractivity contribution in [2.75, 3.05) is 11.1 Å². The number of carbonyl (C=O) groups is 3. The number of imide groups is 1. The van der Waals surface area contributed by atoms with E-state index in [4.69, 9.17) is 4.42 Å². The van der Waals surface area contributed by atoms with E-state index in [2.05, 4.69) is 21.2 Å². The van der Waals surface area contributed by atoms with Crippen molar-refractivity contribution >= 4 is 61.4 Å². The summed E-state index contributed by atoms with van der Waals surface area (Å²) in [5, 5.41) is 3.38. The smallest absolute Gasteiger partial charge is 0.291 e. The van der Waals surface area contributed by atoms with E-state index in [9.17, 15) is 14.4 Å². The second-order valence-electron chi connectivity index (χ2n) is 5.95. The number of thioether (sulfide) groups is 1. The van der Waals surface area contributed by atoms with Gasteiger partial charge >= 0.3 is 0 Å². The molecule has 1 aliphatic rings. The van der Waals surface area contributed by atoms with Crippen LogP contribution >= 0.6 is 27.7 Å². The fourth-order valence-electron chi connectivity index (χ4n) is 2.74. The van der Waals surface area contributed by atoms with Gasteiger partial charge in [0.2, 0.25) is 5.91 Å². The molecular weight excluding hydrogens is 432 g/mol. The van der Waals surface area contributed by atoms with Gasteiger partial charge in [0.15, 0.2) is 5.76 Å². The largest absolute Gasteiger partial charge is 0.450 e. The van der Waals surface area contributed by atoms with Crippen molar-refractivity contribution in [3.8, 4) is 0 Å². The van der Waals surface area contributed by atoms with E-state index < -0.39 is 0 Å². The first-order valence-electron chi connectivity index (χ1n) is 8.07. The van der Waals surface area contributed by atoms with Gasteiger partial charge in [-0.3, -0.25) is 19.3 Å². The van der Waals surface area contributed by atoms with E-state index in [-0.39, 0.29) is 35.1 Å². The number of halogens is 1. The van der Waals surface area contributed by atoms with E-state index in [1.807, 2.05) is 18.2 Å². The summed E-state index contributed by atoms with van der Waals surface area (Å²) in [6.07, 6.45) is 0. The highest BCUT2D eigenvalue weighted by Gasteiger charge is 2.29. The number of furan rings is 1. The topological polar surface area (TPSA) is 79.6 Å². The van der Waals surface area contributed by atoms with Crippen LogP contribution in [0.25, 0.3) is 11.0 Å². The lowest BCUT2D eigenvalue weighted by atomic mass is 10.2. The molecule has 0 aliphatic carbocycles. The molecule has 0 saturated carbocycles. The molecule has 1 N–H and O–H groups in total. The van der Waals surface area contributed by atoms with Gasteiger partial charge in [-0.05, 0) is 45.8 Å². The Morgan fingerprint density at radius 1 is 1.19 bits per heavy atom. The van der Waals surface area contributed by atoms with Gasteiger partial charge in [-0.2, -0.15) is 0 Å². The lowest BCUT2D eigenvalue weighted by molar-refractivity contribution is -0.125. The molecule has 3 amide bonds. The van der Waals surface area contributed by atoms with Crippen LogP contribution in [-0.2, 0) is 11.3 Å². The van der Waals surface area contributed by atoms with Crippen molar-refractivity contribution in [3.63, 3.8) is 0 Å². The van der Waals surface area contributed by atoms with Crippen molar-refractivity contribution in [1.82, 2.24) is 4.90 Å². The molecule has 0 bridgehead atoms. The molecule has 136 valence electrons. The molecule has 6 nitrogen and oxygen atoms in total. The summed E-state index contributed by atoms with van der Waals surface area (Å²) in [5.74, 6) is -0.127. The molecule has 1 aromatic heterocycles. The van der Waals surface area contributed by atoms with Crippen molar-refractivity contribution in [1.29, 1.82) is 0 Å². The summed E-state index contributed by atoms with van der Waals surface area (Å²) in [7, 11) is 0. The molecule has 0 spiro atoms. The molecule has 0 atom stereocenters. The van der Waals surface area contributed by atoms with Crippen LogP contribution in [0.5, 0.6) is 0 Å². The summed E-state index contributed by atoms with van der Waals surface area (Å²) in [5.41, 5.74) is 2.03. The number of carbonyl (C=O) groups excluding carboxylic acids is 3. The minimum absolute atomic E-state index is 0.182. The number of amides is 3. The highest BCUT2D eigenvalue weighted by atomic mass is 79.9. The van der Waals surface area contributed by atoms with Crippen LogP contribution in [0.4, 0.5) is 10.5 Å². The number of benzene rings is 2. The third kappa shape index (κ3) is 3.63. The summed E-state index contributed by atoms with van der Waals surface area (Å²) in [4.78, 5) is 37.0. The number of nitrogens with zero attached hydrogens (tertiary/aromatic N) is 1. The number of hydrogen-bond acceptors (Lipinski definition) is 5. The summed E-state index contributed by atoms with van der Waals surface area (Å²) < 4.78 is 6.41. The number of nitrogens with one attached hydrogen (secondary N) is 1. The van der Waals surface area contributed by atoms with Gasteiger partial charge < -0.3 is 9.73 Å². The molecule has 27 heavy (non-hydrogen) atoms. The Hall–Kier alpha value is -2.58. The molecule has 1 aliphatic heterocycles. The predicted octanol–water partition coefficient (Wildman–Crippen LogP) is 4.64. The van der Waals surface area contributed by atoms with Gasteiger partial charge in [0.05, 0.1) is 16.8 Å². The Morgan fingerprint density at radius 2 is 1.96 bits per heavy atom. The SMILES string of the molecule is O=C(Nc1ccc(CN2C(=O)CSC2=O)cc1)c1cc2cccc(Br)c2o1. The maximum Gasteiger partial charge on any atom is 0.291 e. The van der Waals surface area contributed by atoms with Crippen LogP contribution in [0.3, 0.4) is 0 Å². The minimum atomic E-state index is -0.354. The first-order valence-corrected chi connectivity index (χ1v) is 9.84. The zero-order chi connectivity index (χ0) is 19.0. The van der Waals surface area contributed by atoms with Crippen LogP contribution in [-0.4, -0.2) is 27.7 Å². The van der Waals surface area contributed by atoms with Gasteiger partial charge in [0.25, 0.3) is 11.1 Å². The molecule has 8 heteroatoms. The predicted molar refractivity (Wildman–Crippen MR) is 107 cm³/mol. The zero-order valence-electron chi connectivity index (χ0n) is 13.9. The third-order valence-corrected chi connectivity index (χ3v) is 5.60. The highest BCUT2D eigenvalue weighted by Crippen LogP contribution is 2.27. The minimum Gasteiger partial charge on any atom is -0.450 e. The molecule has 1 fully saturated rings. The van der Waals surface area contributed by atoms with Crippen molar-refractivity contribution in [2.45, 2.75) is 6.54 Å². The lowest BCUT2D eigenvalue weighted by Crippen LogP contribution is -2.27. The van der Waals surface area contributed by atoms with Crippen molar-refractivity contribution in [2.24, 2.45) is 0 Å². The van der Waals surface area contributed by atoms with Crippen LogP contribution in [0.15, 0.2) is 57.4 Å². The fraction of sp³-hybridized carbons (Fsp3) is 0.105. The normalized spacial score (nSPS) is 14.2. The Morgan fingerprint density at radius 3 is 2.63 bits per heavy atom. The highest BCUT2D eigenvalue weighted by molar-refractivity contribution is 9.10. The molecule has 2 heterocycles. The van der Waals surface area contributed by atoms with E-state index in [1.165, 1.54) is 4.90 Å². The van der Waals surface area contributed by atoms with Gasteiger partial charge in [-0.15, -0.1) is 0 Å². The van der Waals surface area contributed by atoms with E-state index in [0.29, 0.717) is 11.3 Å². The average Bonchev–Trinajstić information content (AvgIpc) is 3.23. The van der Waals surface area contributed by atoms with Crippen molar-refractivity contribution in [3.05, 3.63) is 64.3 Å².